The molecule has 0 fully saturated rings. The van der Waals surface area contributed by atoms with Gasteiger partial charge < -0.3 is 4.98 Å². The second-order valence-corrected chi connectivity index (χ2v) is 6.08. The molecule has 0 spiro atoms. The fraction of sp³-hybridized carbons (Fsp3) is 0.688. The summed E-state index contributed by atoms with van der Waals surface area (Å²) in [4.78, 5) is 28.5. The predicted molar refractivity (Wildman–Crippen MR) is 87.4 cm³/mol. The highest BCUT2D eigenvalue weighted by Gasteiger charge is 2.39. The van der Waals surface area contributed by atoms with Gasteiger partial charge in [-0.2, -0.15) is 0 Å². The first-order valence-corrected chi connectivity index (χ1v) is 8.43. The van der Waals surface area contributed by atoms with Gasteiger partial charge in [0.1, 0.15) is 11.5 Å². The molecule has 1 aromatic heterocycles. The summed E-state index contributed by atoms with van der Waals surface area (Å²) in [7, 11) is 0. The number of aliphatic imine (C=N–C) groups is 1. The van der Waals surface area contributed by atoms with E-state index in [4.69, 9.17) is 0 Å². The molecule has 0 unspecified atom stereocenters. The zero-order valence-electron chi connectivity index (χ0n) is 13.6. The maximum Gasteiger partial charge on any atom is 0.280 e. The lowest BCUT2D eigenvalue weighted by Crippen LogP contribution is -2.50. The summed E-state index contributed by atoms with van der Waals surface area (Å²) in [5.74, 6) is 2.34. The SMILES string of the molecule is CCCCCCCCN1C2=NCCN2C(=O)c2[nH]c(C)nc21. The van der Waals surface area contributed by atoms with E-state index in [0.29, 0.717) is 18.8 Å². The molecule has 0 saturated heterocycles. The highest BCUT2D eigenvalue weighted by Crippen LogP contribution is 2.28. The zero-order valence-corrected chi connectivity index (χ0v) is 13.6. The minimum atomic E-state index is 0.00560. The molecule has 2 aliphatic rings. The number of H-pyrrole nitrogens is 1. The number of nitrogens with zero attached hydrogens (tertiary/aromatic N) is 4. The number of amides is 1. The zero-order chi connectivity index (χ0) is 15.5. The molecule has 0 aromatic carbocycles. The molecular formula is C16H25N5O. The monoisotopic (exact) mass is 303 g/mol. The van der Waals surface area contributed by atoms with Gasteiger partial charge in [-0.15, -0.1) is 0 Å². The standard InChI is InChI=1S/C16H25N5O/c1-3-4-5-6-7-8-10-20-14-13(18-12(2)19-14)15(22)21-11-9-17-16(20)21/h3-11H2,1-2H3,(H,18,19). The van der Waals surface area contributed by atoms with Crippen LogP contribution in [0.5, 0.6) is 0 Å². The van der Waals surface area contributed by atoms with Crippen LogP contribution in [0.4, 0.5) is 5.82 Å². The number of aryl methyl sites for hydroxylation is 1. The van der Waals surface area contributed by atoms with Crippen molar-refractivity contribution < 1.29 is 4.79 Å². The van der Waals surface area contributed by atoms with Crippen molar-refractivity contribution in [3.05, 3.63) is 11.5 Å². The largest absolute Gasteiger partial charge is 0.336 e. The molecule has 0 aliphatic carbocycles. The molecule has 0 saturated carbocycles. The van der Waals surface area contributed by atoms with Gasteiger partial charge in [0.15, 0.2) is 5.82 Å². The van der Waals surface area contributed by atoms with E-state index in [2.05, 4.69) is 26.8 Å². The summed E-state index contributed by atoms with van der Waals surface area (Å²) in [6.07, 6.45) is 7.52. The summed E-state index contributed by atoms with van der Waals surface area (Å²) in [5.41, 5.74) is 0.615. The van der Waals surface area contributed by atoms with Crippen LogP contribution >= 0.6 is 0 Å². The summed E-state index contributed by atoms with van der Waals surface area (Å²) in [5, 5.41) is 0. The van der Waals surface area contributed by atoms with Gasteiger partial charge in [-0.1, -0.05) is 39.0 Å². The van der Waals surface area contributed by atoms with Crippen molar-refractivity contribution >= 4 is 17.7 Å². The van der Waals surface area contributed by atoms with Crippen LogP contribution in [0.1, 0.15) is 61.8 Å². The van der Waals surface area contributed by atoms with E-state index < -0.39 is 0 Å². The van der Waals surface area contributed by atoms with Crippen LogP contribution in [0.15, 0.2) is 4.99 Å². The Labute approximate surface area is 131 Å². The number of imidazole rings is 1. The van der Waals surface area contributed by atoms with E-state index in [1.165, 1.54) is 32.1 Å². The fourth-order valence-electron chi connectivity index (χ4n) is 3.17. The highest BCUT2D eigenvalue weighted by molar-refractivity contribution is 6.17. The molecule has 0 atom stereocenters. The summed E-state index contributed by atoms with van der Waals surface area (Å²) in [6.45, 7) is 6.38. The average molecular weight is 303 g/mol. The smallest absolute Gasteiger partial charge is 0.280 e. The van der Waals surface area contributed by atoms with Gasteiger partial charge in [-0.3, -0.25) is 19.6 Å². The Morgan fingerprint density at radius 2 is 1.95 bits per heavy atom. The van der Waals surface area contributed by atoms with Gasteiger partial charge in [0, 0.05) is 13.1 Å². The molecule has 0 radical (unpaired) electrons. The van der Waals surface area contributed by atoms with Crippen molar-refractivity contribution in [1.29, 1.82) is 0 Å². The third-order valence-corrected chi connectivity index (χ3v) is 4.31. The van der Waals surface area contributed by atoms with E-state index >= 15 is 0 Å². The molecule has 1 N–H and O–H groups in total. The normalized spacial score (nSPS) is 16.8. The molecular weight excluding hydrogens is 278 g/mol. The van der Waals surface area contributed by atoms with E-state index in [0.717, 1.165) is 30.6 Å². The van der Waals surface area contributed by atoms with Crippen molar-refractivity contribution in [1.82, 2.24) is 14.9 Å². The van der Waals surface area contributed by atoms with Crippen molar-refractivity contribution in [2.24, 2.45) is 4.99 Å². The topological polar surface area (TPSA) is 64.6 Å². The van der Waals surface area contributed by atoms with Crippen molar-refractivity contribution in [3.8, 4) is 0 Å². The predicted octanol–water partition coefficient (Wildman–Crippen LogP) is 2.71. The lowest BCUT2D eigenvalue weighted by Gasteiger charge is -2.33. The van der Waals surface area contributed by atoms with Crippen LogP contribution in [-0.4, -0.2) is 46.4 Å². The Kier molecular flexibility index (Phi) is 4.45. The third kappa shape index (κ3) is 2.74. The fourth-order valence-corrected chi connectivity index (χ4v) is 3.17. The van der Waals surface area contributed by atoms with Crippen LogP contribution in [0.2, 0.25) is 0 Å². The number of nitrogens with one attached hydrogen (secondary N) is 1. The molecule has 3 rings (SSSR count). The Balaban J connectivity index is 1.68. The number of rotatable bonds is 7. The number of aromatic nitrogens is 2. The Bertz CT molecular complexity index is 577. The number of anilines is 1. The lowest BCUT2D eigenvalue weighted by molar-refractivity contribution is 0.0846. The minimum absolute atomic E-state index is 0.00560. The van der Waals surface area contributed by atoms with Crippen molar-refractivity contribution in [2.75, 3.05) is 24.5 Å². The first-order valence-electron chi connectivity index (χ1n) is 8.43. The second-order valence-electron chi connectivity index (χ2n) is 6.08. The molecule has 6 nitrogen and oxygen atoms in total. The van der Waals surface area contributed by atoms with Gasteiger partial charge in [0.2, 0.25) is 5.96 Å². The third-order valence-electron chi connectivity index (χ3n) is 4.31. The van der Waals surface area contributed by atoms with Gasteiger partial charge >= 0.3 is 0 Å². The molecule has 1 aromatic rings. The van der Waals surface area contributed by atoms with Gasteiger partial charge in [0.25, 0.3) is 5.91 Å². The molecule has 3 heterocycles. The Morgan fingerprint density at radius 3 is 2.77 bits per heavy atom. The van der Waals surface area contributed by atoms with E-state index in [1.807, 2.05) is 6.92 Å². The number of hydrogen-bond acceptors (Lipinski definition) is 4. The number of aromatic amines is 1. The summed E-state index contributed by atoms with van der Waals surface area (Å²) < 4.78 is 0. The Morgan fingerprint density at radius 1 is 1.18 bits per heavy atom. The van der Waals surface area contributed by atoms with Crippen LogP contribution in [0, 0.1) is 6.92 Å². The maximum atomic E-state index is 12.5. The molecule has 6 heteroatoms. The number of carbonyl (C=O) groups is 1. The van der Waals surface area contributed by atoms with Gasteiger partial charge in [-0.05, 0) is 13.3 Å². The van der Waals surface area contributed by atoms with E-state index in [9.17, 15) is 4.79 Å². The van der Waals surface area contributed by atoms with E-state index in [1.54, 1.807) is 4.90 Å². The van der Waals surface area contributed by atoms with Crippen LogP contribution in [-0.2, 0) is 0 Å². The average Bonchev–Trinajstić information content (AvgIpc) is 3.12. The van der Waals surface area contributed by atoms with E-state index in [-0.39, 0.29) is 5.91 Å². The Hall–Kier alpha value is -1.85. The quantitative estimate of drug-likeness (QED) is 0.788. The van der Waals surface area contributed by atoms with Crippen molar-refractivity contribution in [2.45, 2.75) is 52.4 Å². The van der Waals surface area contributed by atoms with Crippen LogP contribution < -0.4 is 4.90 Å². The number of guanidine groups is 1. The van der Waals surface area contributed by atoms with Crippen LogP contribution in [0.25, 0.3) is 0 Å². The molecule has 120 valence electrons. The molecule has 1 amide bonds. The molecule has 22 heavy (non-hydrogen) atoms. The van der Waals surface area contributed by atoms with Gasteiger partial charge in [-0.25, -0.2) is 4.98 Å². The first kappa shape index (κ1) is 15.1. The second kappa shape index (κ2) is 6.50. The highest BCUT2D eigenvalue weighted by atomic mass is 16.2. The molecule has 0 bridgehead atoms. The van der Waals surface area contributed by atoms with Gasteiger partial charge in [0.05, 0.1) is 6.54 Å². The lowest BCUT2D eigenvalue weighted by atomic mass is 10.1. The number of carbonyl (C=O) groups excluding carboxylic acids is 1. The van der Waals surface area contributed by atoms with Crippen molar-refractivity contribution in [3.63, 3.8) is 0 Å². The summed E-state index contributed by atoms with van der Waals surface area (Å²) >= 11 is 0. The van der Waals surface area contributed by atoms with Crippen LogP contribution in [0.3, 0.4) is 0 Å². The number of unbranched alkanes of at least 4 members (excludes halogenated alkanes) is 5. The first-order chi connectivity index (χ1) is 10.7. The molecule has 2 aliphatic heterocycles. The maximum absolute atomic E-state index is 12.5. The summed E-state index contributed by atoms with van der Waals surface area (Å²) in [6, 6.07) is 0. The number of hydrogen-bond donors (Lipinski definition) is 1. The number of fused-ring (bicyclic) bond motifs is 2. The minimum Gasteiger partial charge on any atom is -0.336 e.